The Labute approximate surface area is 580 Å². The van der Waals surface area contributed by atoms with Crippen LogP contribution in [-0.2, 0) is 42.8 Å². The molecule has 18 unspecified atom stereocenters. The number of carboxylic acid groups (broad SMARTS) is 1. The molecule has 0 aromatic carbocycles. The van der Waals surface area contributed by atoms with Crippen LogP contribution in [0.25, 0.3) is 0 Å². The third kappa shape index (κ3) is 35.1. The van der Waals surface area contributed by atoms with Crippen LogP contribution < -0.4 is 10.6 Å². The predicted octanol–water partition coefficient (Wildman–Crippen LogP) is 8.57. The van der Waals surface area contributed by atoms with E-state index in [0.29, 0.717) is 12.8 Å². The zero-order valence-electron chi connectivity index (χ0n) is 59.4. The van der Waals surface area contributed by atoms with Crippen LogP contribution in [-0.4, -0.2) is 215 Å². The lowest BCUT2D eigenvalue weighted by Crippen LogP contribution is -2.70. The molecule has 18 atom stereocenters. The van der Waals surface area contributed by atoms with Crippen LogP contribution in [0.15, 0.2) is 36.5 Å². The zero-order chi connectivity index (χ0) is 71.1. The van der Waals surface area contributed by atoms with Gasteiger partial charge in [0.15, 0.2) is 12.6 Å². The molecule has 0 radical (unpaired) electrons. The Balaban J connectivity index is 1.56. The molecule has 23 heteroatoms. The van der Waals surface area contributed by atoms with Crippen molar-refractivity contribution >= 4 is 17.8 Å². The molecule has 3 aliphatic rings. The molecule has 3 heterocycles. The number of hydrogen-bond donors (Lipinski definition) is 14. The molecule has 3 rings (SSSR count). The third-order valence-corrected chi connectivity index (χ3v) is 19.1. The fraction of sp³-hybridized carbons (Fsp3) is 0.878. The maximum absolute atomic E-state index is 13.5. The molecule has 23 nitrogen and oxygen atoms in total. The predicted molar refractivity (Wildman–Crippen MR) is 371 cm³/mol. The van der Waals surface area contributed by atoms with Crippen molar-refractivity contribution in [2.24, 2.45) is 0 Å². The standard InChI is InChI=1S/C74H134N2O21/c1-4-6-8-10-12-14-16-18-20-22-24-26-28-29-31-33-35-37-39-41-43-45-47-56(81)55(76-61(84)48-46-44-42-40-38-36-34-32-30-27-25-23-21-19-17-15-13-11-9-7-5-2)53-92-71-66(88)65(87)68(60(52-79)94-71)95-72-67(89)70(64(86)59(51-78)93-72)97-74(73(90)91)49-57(82)62(75-54(3)80)69(96-74)63(85)58(83)50-77/h7,9,13,15,45,47,55-60,62-72,77-79,81-83,85-89H,4-6,8,10-12,14,16-44,46,48-53H2,1-3H3,(H,75,80)(H,76,84)(H,90,91)/b9-7-,15-13-,47-45+. The normalized spacial score (nSPS) is 27.6. The van der Waals surface area contributed by atoms with Gasteiger partial charge in [-0.15, -0.1) is 0 Å². The Morgan fingerprint density at radius 2 is 1.03 bits per heavy atom. The summed E-state index contributed by atoms with van der Waals surface area (Å²) in [4.78, 5) is 38.6. The average molecular weight is 1390 g/mol. The van der Waals surface area contributed by atoms with Gasteiger partial charge in [0.25, 0.3) is 5.79 Å². The summed E-state index contributed by atoms with van der Waals surface area (Å²) in [6.07, 6.45) is 28.9. The quantitative estimate of drug-likeness (QED) is 0.0200. The van der Waals surface area contributed by atoms with Gasteiger partial charge in [-0.2, -0.15) is 0 Å². The molecule has 0 aromatic heterocycles. The smallest absolute Gasteiger partial charge is 0.364 e. The van der Waals surface area contributed by atoms with E-state index >= 15 is 0 Å². The van der Waals surface area contributed by atoms with Crippen LogP contribution in [0.5, 0.6) is 0 Å². The van der Waals surface area contributed by atoms with Gasteiger partial charge in [-0.05, 0) is 44.9 Å². The number of carbonyl (C=O) groups is 3. The monoisotopic (exact) mass is 1390 g/mol. The van der Waals surface area contributed by atoms with Crippen LogP contribution >= 0.6 is 0 Å². The van der Waals surface area contributed by atoms with Crippen molar-refractivity contribution in [1.82, 2.24) is 10.6 Å². The Morgan fingerprint density at radius 3 is 1.51 bits per heavy atom. The minimum absolute atomic E-state index is 0.200. The van der Waals surface area contributed by atoms with Crippen molar-refractivity contribution in [3.63, 3.8) is 0 Å². The molecule has 97 heavy (non-hydrogen) atoms. The zero-order valence-corrected chi connectivity index (χ0v) is 59.4. The van der Waals surface area contributed by atoms with Gasteiger partial charge >= 0.3 is 5.97 Å². The fourth-order valence-corrected chi connectivity index (χ4v) is 13.1. The Bertz CT molecular complexity index is 2090. The first-order chi connectivity index (χ1) is 46.9. The number of aliphatic hydroxyl groups is 11. The second-order valence-corrected chi connectivity index (χ2v) is 27.5. The number of carboxylic acids is 1. The summed E-state index contributed by atoms with van der Waals surface area (Å²) in [5, 5.41) is 136. The van der Waals surface area contributed by atoms with E-state index in [4.69, 9.17) is 28.4 Å². The highest BCUT2D eigenvalue weighted by molar-refractivity contribution is 5.77. The highest BCUT2D eigenvalue weighted by Crippen LogP contribution is 2.39. The molecular formula is C74H134N2O21. The van der Waals surface area contributed by atoms with E-state index in [0.717, 1.165) is 64.7 Å². The van der Waals surface area contributed by atoms with Gasteiger partial charge in [0.1, 0.15) is 67.1 Å². The second-order valence-electron chi connectivity index (χ2n) is 27.5. The van der Waals surface area contributed by atoms with Crippen LogP contribution in [0, 0.1) is 0 Å². The van der Waals surface area contributed by atoms with Crippen molar-refractivity contribution in [3.05, 3.63) is 36.5 Å². The average Bonchev–Trinajstić information content (AvgIpc) is 0.758. The summed E-state index contributed by atoms with van der Waals surface area (Å²) in [5.74, 6) is -6.14. The van der Waals surface area contributed by atoms with Crippen LogP contribution in [0.3, 0.4) is 0 Å². The number of amides is 2. The molecule has 0 aliphatic carbocycles. The van der Waals surface area contributed by atoms with Crippen LogP contribution in [0.1, 0.15) is 278 Å². The first-order valence-corrected chi connectivity index (χ1v) is 37.9. The fourth-order valence-electron chi connectivity index (χ4n) is 13.1. The van der Waals surface area contributed by atoms with Gasteiger partial charge in [-0.3, -0.25) is 9.59 Å². The number of aliphatic hydroxyl groups excluding tert-OH is 11. The maximum Gasteiger partial charge on any atom is 0.364 e. The topological polar surface area (TPSA) is 373 Å². The molecule has 0 spiro atoms. The minimum atomic E-state index is -3.08. The summed E-state index contributed by atoms with van der Waals surface area (Å²) in [6.45, 7) is 2.06. The van der Waals surface area contributed by atoms with Gasteiger partial charge in [0.05, 0.1) is 50.7 Å². The SMILES string of the molecule is CC/C=C\C/C=C\CCCCCCCCCCCCCCCCC(=O)NC(COC1OC(CO)C(OC2OC(CO)C(O)C(OC3(C(=O)O)CC(O)C(NC(C)=O)C(C(O)C(O)CO)O3)C2O)C(O)C1O)C(O)/C=C/CCCCCCCCCCCCCCCCCCCCCC. The lowest BCUT2D eigenvalue weighted by molar-refractivity contribution is -0.386. The summed E-state index contributed by atoms with van der Waals surface area (Å²) in [5.41, 5.74) is 0. The van der Waals surface area contributed by atoms with Gasteiger partial charge in [-0.1, -0.05) is 249 Å². The van der Waals surface area contributed by atoms with Gasteiger partial charge in [-0.25, -0.2) is 4.79 Å². The molecule has 0 bridgehead atoms. The summed E-state index contributed by atoms with van der Waals surface area (Å²) in [7, 11) is 0. The van der Waals surface area contributed by atoms with Crippen molar-refractivity contribution in [1.29, 1.82) is 0 Å². The Hall–Kier alpha value is -3.05. The molecule has 14 N–H and O–H groups in total. The van der Waals surface area contributed by atoms with E-state index in [1.54, 1.807) is 6.08 Å². The second kappa shape index (κ2) is 53.7. The summed E-state index contributed by atoms with van der Waals surface area (Å²) < 4.78 is 34.9. The minimum Gasteiger partial charge on any atom is -0.477 e. The summed E-state index contributed by atoms with van der Waals surface area (Å²) in [6, 6.07) is -2.62. The Kier molecular flexibility index (Phi) is 48.8. The molecule has 3 aliphatic heterocycles. The molecule has 3 saturated heterocycles. The van der Waals surface area contributed by atoms with E-state index < -0.39 is 155 Å². The number of aliphatic carboxylic acids is 1. The van der Waals surface area contributed by atoms with Crippen molar-refractivity contribution in [3.8, 4) is 0 Å². The molecule has 0 saturated carbocycles. The largest absolute Gasteiger partial charge is 0.477 e. The lowest BCUT2D eigenvalue weighted by atomic mass is 9.88. The molecule has 0 aromatic rings. The van der Waals surface area contributed by atoms with E-state index in [9.17, 15) is 75.7 Å². The van der Waals surface area contributed by atoms with Crippen LogP contribution in [0.2, 0.25) is 0 Å². The molecule has 566 valence electrons. The number of nitrogens with one attached hydrogen (secondary N) is 2. The highest BCUT2D eigenvalue weighted by Gasteiger charge is 2.60. The van der Waals surface area contributed by atoms with Crippen molar-refractivity contribution in [2.75, 3.05) is 26.4 Å². The van der Waals surface area contributed by atoms with E-state index in [1.165, 1.54) is 173 Å². The van der Waals surface area contributed by atoms with E-state index in [2.05, 4.69) is 48.8 Å². The number of rotatable bonds is 58. The molecular weight excluding hydrogens is 1250 g/mol. The number of hydrogen-bond acceptors (Lipinski definition) is 20. The van der Waals surface area contributed by atoms with Gasteiger partial charge in [0.2, 0.25) is 11.8 Å². The first-order valence-electron chi connectivity index (χ1n) is 37.9. The third-order valence-electron chi connectivity index (χ3n) is 19.1. The van der Waals surface area contributed by atoms with Crippen molar-refractivity contribution in [2.45, 2.75) is 387 Å². The maximum atomic E-state index is 13.5. The number of allylic oxidation sites excluding steroid dienone is 5. The molecule has 2 amide bonds. The number of unbranched alkanes of at least 4 members (excludes halogenated alkanes) is 34. The Morgan fingerprint density at radius 1 is 0.557 bits per heavy atom. The van der Waals surface area contributed by atoms with E-state index in [-0.39, 0.29) is 12.3 Å². The van der Waals surface area contributed by atoms with Crippen LogP contribution in [0.4, 0.5) is 0 Å². The summed E-state index contributed by atoms with van der Waals surface area (Å²) >= 11 is 0. The first kappa shape index (κ1) is 88.2. The lowest BCUT2D eigenvalue weighted by Gasteiger charge is -2.50. The highest BCUT2D eigenvalue weighted by atomic mass is 16.8. The number of carbonyl (C=O) groups excluding carboxylic acids is 2. The molecule has 3 fully saturated rings. The van der Waals surface area contributed by atoms with Gasteiger partial charge in [0, 0.05) is 19.8 Å². The van der Waals surface area contributed by atoms with E-state index in [1.807, 2.05) is 6.08 Å². The van der Waals surface area contributed by atoms with Gasteiger partial charge < -0.3 is 100 Å². The number of ether oxygens (including phenoxy) is 6. The van der Waals surface area contributed by atoms with Crippen molar-refractivity contribution < 1.29 is 104 Å².